The summed E-state index contributed by atoms with van der Waals surface area (Å²) in [5.41, 5.74) is 1.48. The Morgan fingerprint density at radius 2 is 2.20 bits per heavy atom. The van der Waals surface area contributed by atoms with E-state index < -0.39 is 0 Å². The summed E-state index contributed by atoms with van der Waals surface area (Å²) in [7, 11) is 0. The lowest BCUT2D eigenvalue weighted by Gasteiger charge is -2.35. The maximum absolute atomic E-state index is 3.82. The highest BCUT2D eigenvalue weighted by molar-refractivity contribution is 14.1. The van der Waals surface area contributed by atoms with Gasteiger partial charge in [-0.2, -0.15) is 0 Å². The van der Waals surface area contributed by atoms with Gasteiger partial charge >= 0.3 is 0 Å². The van der Waals surface area contributed by atoms with E-state index in [-0.39, 0.29) is 0 Å². The van der Waals surface area contributed by atoms with Gasteiger partial charge in [0.2, 0.25) is 0 Å². The fourth-order valence-corrected chi connectivity index (χ4v) is 4.42. The van der Waals surface area contributed by atoms with E-state index in [1.165, 1.54) is 45.7 Å². The highest BCUT2D eigenvalue weighted by Crippen LogP contribution is 2.39. The van der Waals surface area contributed by atoms with Crippen molar-refractivity contribution in [2.45, 2.75) is 52.0 Å². The van der Waals surface area contributed by atoms with Crippen LogP contribution in [0.5, 0.6) is 0 Å². The zero-order chi connectivity index (χ0) is 14.5. The summed E-state index contributed by atoms with van der Waals surface area (Å²) >= 11 is 6.12. The van der Waals surface area contributed by atoms with Crippen molar-refractivity contribution >= 4 is 38.5 Å². The second-order valence-corrected chi connectivity index (χ2v) is 8.21. The van der Waals surface area contributed by atoms with Crippen LogP contribution in [0.15, 0.2) is 22.7 Å². The predicted molar refractivity (Wildman–Crippen MR) is 99.0 cm³/mol. The van der Waals surface area contributed by atoms with Crippen molar-refractivity contribution in [3.05, 3.63) is 31.8 Å². The number of rotatable bonds is 5. The third kappa shape index (κ3) is 4.44. The average Bonchev–Trinajstić information content (AvgIpc) is 2.43. The molecule has 112 valence electrons. The molecule has 1 aromatic carbocycles. The standard InChI is InChI=1S/C17H25BrIN/c1-3-9-20-17(13-6-4-5-12(2)10-13)15-11-14(18)7-8-16(15)19/h7-8,11-13,17,20H,3-6,9-10H2,1-2H3. The molecule has 1 N–H and O–H groups in total. The van der Waals surface area contributed by atoms with Crippen molar-refractivity contribution < 1.29 is 0 Å². The molecule has 0 aliphatic heterocycles. The maximum Gasteiger partial charge on any atom is 0.0359 e. The average molecular weight is 450 g/mol. The van der Waals surface area contributed by atoms with E-state index >= 15 is 0 Å². The first-order chi connectivity index (χ1) is 9.61. The molecule has 1 aromatic rings. The van der Waals surface area contributed by atoms with E-state index in [1.54, 1.807) is 0 Å². The molecule has 20 heavy (non-hydrogen) atoms. The summed E-state index contributed by atoms with van der Waals surface area (Å²) in [6, 6.07) is 7.20. The Bertz CT molecular complexity index is 435. The van der Waals surface area contributed by atoms with Gasteiger partial charge in [0, 0.05) is 14.1 Å². The van der Waals surface area contributed by atoms with Gasteiger partial charge in [-0.15, -0.1) is 0 Å². The van der Waals surface area contributed by atoms with E-state index in [0.717, 1.165) is 18.4 Å². The summed E-state index contributed by atoms with van der Waals surface area (Å²) < 4.78 is 2.58. The van der Waals surface area contributed by atoms with Gasteiger partial charge in [-0.1, -0.05) is 42.6 Å². The second kappa shape index (κ2) is 8.14. The molecule has 1 nitrogen and oxygen atoms in total. The van der Waals surface area contributed by atoms with Crippen molar-refractivity contribution in [2.75, 3.05) is 6.54 Å². The minimum Gasteiger partial charge on any atom is -0.310 e. The number of halogens is 2. The highest BCUT2D eigenvalue weighted by Gasteiger charge is 2.28. The molecule has 1 aliphatic carbocycles. The third-order valence-electron chi connectivity index (χ3n) is 4.36. The topological polar surface area (TPSA) is 12.0 Å². The number of hydrogen-bond donors (Lipinski definition) is 1. The van der Waals surface area contributed by atoms with Gasteiger partial charge in [0.15, 0.2) is 0 Å². The van der Waals surface area contributed by atoms with Crippen LogP contribution in [0.2, 0.25) is 0 Å². The smallest absolute Gasteiger partial charge is 0.0359 e. The lowest BCUT2D eigenvalue weighted by atomic mass is 9.76. The van der Waals surface area contributed by atoms with Crippen LogP contribution in [-0.4, -0.2) is 6.54 Å². The van der Waals surface area contributed by atoms with Gasteiger partial charge in [-0.25, -0.2) is 0 Å². The number of hydrogen-bond acceptors (Lipinski definition) is 1. The molecule has 0 bridgehead atoms. The molecule has 1 saturated carbocycles. The molecule has 0 amide bonds. The molecule has 3 heteroatoms. The molecule has 3 unspecified atom stereocenters. The van der Waals surface area contributed by atoms with Gasteiger partial charge in [-0.3, -0.25) is 0 Å². The van der Waals surface area contributed by atoms with Crippen LogP contribution in [-0.2, 0) is 0 Å². The molecule has 0 aromatic heterocycles. The van der Waals surface area contributed by atoms with E-state index in [1.807, 2.05) is 0 Å². The largest absolute Gasteiger partial charge is 0.310 e. The Labute approximate surface area is 145 Å². The molecule has 3 atom stereocenters. The predicted octanol–water partition coefficient (Wildman–Crippen LogP) is 5.92. The minimum absolute atomic E-state index is 0.516. The molecule has 1 fully saturated rings. The zero-order valence-electron chi connectivity index (χ0n) is 12.5. The molecule has 0 saturated heterocycles. The minimum atomic E-state index is 0.516. The molecule has 1 aliphatic rings. The van der Waals surface area contributed by atoms with E-state index in [4.69, 9.17) is 0 Å². The molecule has 0 radical (unpaired) electrons. The lowest BCUT2D eigenvalue weighted by molar-refractivity contribution is 0.223. The molecular weight excluding hydrogens is 425 g/mol. The van der Waals surface area contributed by atoms with Crippen molar-refractivity contribution in [1.82, 2.24) is 5.32 Å². The van der Waals surface area contributed by atoms with Crippen molar-refractivity contribution in [1.29, 1.82) is 0 Å². The molecule has 0 spiro atoms. The van der Waals surface area contributed by atoms with Crippen molar-refractivity contribution in [3.8, 4) is 0 Å². The van der Waals surface area contributed by atoms with Crippen LogP contribution in [0.4, 0.5) is 0 Å². The first-order valence-electron chi connectivity index (χ1n) is 7.80. The van der Waals surface area contributed by atoms with E-state index in [0.29, 0.717) is 6.04 Å². The highest BCUT2D eigenvalue weighted by atomic mass is 127. The SMILES string of the molecule is CCCNC(c1cc(Br)ccc1I)C1CCCC(C)C1. The van der Waals surface area contributed by atoms with Gasteiger partial charge < -0.3 is 5.32 Å². The van der Waals surface area contributed by atoms with E-state index in [9.17, 15) is 0 Å². The first-order valence-corrected chi connectivity index (χ1v) is 9.67. The normalized spacial score (nSPS) is 24.6. The Kier molecular flexibility index (Phi) is 6.82. The summed E-state index contributed by atoms with van der Waals surface area (Å²) in [4.78, 5) is 0. The van der Waals surface area contributed by atoms with Crippen molar-refractivity contribution in [2.24, 2.45) is 11.8 Å². The molecular formula is C17H25BrIN. The number of benzene rings is 1. The summed E-state index contributed by atoms with van der Waals surface area (Å²) in [6.07, 6.45) is 6.73. The summed E-state index contributed by atoms with van der Waals surface area (Å²) in [5, 5.41) is 3.82. The Balaban J connectivity index is 2.23. The maximum atomic E-state index is 3.82. The van der Waals surface area contributed by atoms with Crippen LogP contribution in [0, 0.1) is 15.4 Å². The van der Waals surface area contributed by atoms with Crippen LogP contribution in [0.25, 0.3) is 0 Å². The lowest BCUT2D eigenvalue weighted by Crippen LogP contribution is -2.32. The second-order valence-electron chi connectivity index (χ2n) is 6.13. The molecule has 2 rings (SSSR count). The van der Waals surface area contributed by atoms with Crippen LogP contribution in [0.1, 0.15) is 57.6 Å². The fraction of sp³-hybridized carbons (Fsp3) is 0.647. The summed E-state index contributed by atoms with van der Waals surface area (Å²) in [5.74, 6) is 1.66. The number of nitrogens with one attached hydrogen (secondary N) is 1. The first kappa shape index (κ1) is 16.8. The quantitative estimate of drug-likeness (QED) is 0.550. The van der Waals surface area contributed by atoms with Crippen molar-refractivity contribution in [3.63, 3.8) is 0 Å². The zero-order valence-corrected chi connectivity index (χ0v) is 16.2. The van der Waals surface area contributed by atoms with Crippen LogP contribution < -0.4 is 5.32 Å². The van der Waals surface area contributed by atoms with Gasteiger partial charge in [0.05, 0.1) is 0 Å². The van der Waals surface area contributed by atoms with E-state index in [2.05, 4.69) is 75.9 Å². The third-order valence-corrected chi connectivity index (χ3v) is 5.83. The molecule has 0 heterocycles. The Hall–Kier alpha value is 0.390. The monoisotopic (exact) mass is 449 g/mol. The fourth-order valence-electron chi connectivity index (χ4n) is 3.37. The Morgan fingerprint density at radius 1 is 1.40 bits per heavy atom. The van der Waals surface area contributed by atoms with Gasteiger partial charge in [0.1, 0.15) is 0 Å². The van der Waals surface area contributed by atoms with Crippen LogP contribution >= 0.6 is 38.5 Å². The van der Waals surface area contributed by atoms with Crippen LogP contribution in [0.3, 0.4) is 0 Å². The summed E-state index contributed by atoms with van der Waals surface area (Å²) in [6.45, 7) is 5.77. The van der Waals surface area contributed by atoms with Gasteiger partial charge in [0.25, 0.3) is 0 Å². The van der Waals surface area contributed by atoms with Gasteiger partial charge in [-0.05, 0) is 84.0 Å². The Morgan fingerprint density at radius 3 is 2.90 bits per heavy atom.